The van der Waals surface area contributed by atoms with Crippen molar-refractivity contribution in [3.63, 3.8) is 0 Å². The van der Waals surface area contributed by atoms with Crippen molar-refractivity contribution >= 4 is 40.1 Å². The average molecular weight is 505 g/mol. The van der Waals surface area contributed by atoms with Crippen molar-refractivity contribution in [2.45, 2.75) is 41.5 Å². The lowest BCUT2D eigenvalue weighted by atomic mass is 10.1. The lowest BCUT2D eigenvalue weighted by Crippen LogP contribution is -2.58. The Morgan fingerprint density at radius 1 is 0.471 bits per heavy atom. The van der Waals surface area contributed by atoms with Crippen LogP contribution in [0.1, 0.15) is 52.7 Å². The van der Waals surface area contributed by atoms with E-state index in [1.807, 2.05) is 77.9 Å². The van der Waals surface area contributed by atoms with Crippen LogP contribution in [0.25, 0.3) is 12.2 Å². The fourth-order valence-corrected chi connectivity index (χ4v) is 9.23. The molecular weight excluding hydrogens is 464 g/mol. The van der Waals surface area contributed by atoms with E-state index in [1.54, 1.807) is 0 Å². The van der Waals surface area contributed by atoms with E-state index < -0.39 is 17.6 Å². The van der Waals surface area contributed by atoms with Gasteiger partial charge in [-0.05, 0) is 52.7 Å². The fraction of sp³-hybridized carbons (Fsp3) is 0.462. The zero-order chi connectivity index (χ0) is 24.9. The quantitative estimate of drug-likeness (QED) is 0.250. The van der Waals surface area contributed by atoms with Crippen molar-refractivity contribution in [1.82, 2.24) is 0 Å². The molecule has 0 aliphatic rings. The Labute approximate surface area is 207 Å². The minimum Gasteiger partial charge on any atom is -0.370 e. The summed E-state index contributed by atoms with van der Waals surface area (Å²) in [6.45, 7) is 14.9. The molecule has 34 heavy (non-hydrogen) atoms. The Morgan fingerprint density at radius 2 is 0.735 bits per heavy atom. The Balaban J connectivity index is 2.58. The van der Waals surface area contributed by atoms with Crippen molar-refractivity contribution in [3.8, 4) is 0 Å². The molecule has 0 unspecified atom stereocenters. The molecule has 0 amide bonds. The van der Waals surface area contributed by atoms with Gasteiger partial charge in [-0.2, -0.15) is 0 Å². The second kappa shape index (κ2) is 14.7. The normalized spacial score (nSPS) is 12.5. The topological polar surface area (TPSA) is 55.4 Å². The highest BCUT2D eigenvalue weighted by Gasteiger charge is 2.45. The number of rotatable bonds is 16. The number of benzene rings is 2. The van der Waals surface area contributed by atoms with Crippen LogP contribution in [0.5, 0.6) is 0 Å². The van der Waals surface area contributed by atoms with Crippen LogP contribution in [0.4, 0.5) is 0 Å². The first kappa shape index (κ1) is 28.6. The van der Waals surface area contributed by atoms with Gasteiger partial charge in [-0.15, -0.1) is 0 Å². The third-order valence-electron chi connectivity index (χ3n) is 5.03. The molecule has 0 aliphatic heterocycles. The predicted octanol–water partition coefficient (Wildman–Crippen LogP) is 4.37. The molecule has 0 aliphatic carbocycles. The lowest BCUT2D eigenvalue weighted by molar-refractivity contribution is 0.0851. The largest absolute Gasteiger partial charge is 0.537 e. The molecule has 2 rings (SSSR count). The van der Waals surface area contributed by atoms with Gasteiger partial charge in [0, 0.05) is 50.0 Å². The van der Waals surface area contributed by atoms with Crippen LogP contribution in [0, 0.1) is 0 Å². The summed E-state index contributed by atoms with van der Waals surface area (Å²) in [6.07, 6.45) is 4.16. The predicted molar refractivity (Wildman–Crippen MR) is 142 cm³/mol. The Hall–Kier alpha value is -1.63. The second-order valence-corrected chi connectivity index (χ2v) is 12.3. The molecule has 8 heteroatoms. The van der Waals surface area contributed by atoms with Crippen molar-refractivity contribution < 1.29 is 26.6 Å². The number of hydrogen-bond donors (Lipinski definition) is 0. The molecular formula is C26H40O6Si2. The lowest BCUT2D eigenvalue weighted by Gasteiger charge is -2.30. The average Bonchev–Trinajstić information content (AvgIpc) is 2.84. The van der Waals surface area contributed by atoms with E-state index in [2.05, 4.69) is 24.3 Å². The van der Waals surface area contributed by atoms with Crippen molar-refractivity contribution in [3.05, 3.63) is 59.7 Å². The molecule has 0 atom stereocenters. The molecule has 0 saturated heterocycles. The van der Waals surface area contributed by atoms with Gasteiger partial charge < -0.3 is 26.6 Å². The monoisotopic (exact) mass is 504 g/mol. The molecule has 188 valence electrons. The molecule has 0 spiro atoms. The van der Waals surface area contributed by atoms with Gasteiger partial charge in [0.15, 0.2) is 0 Å². The Morgan fingerprint density at radius 3 is 1.00 bits per heavy atom. The second-order valence-electron chi connectivity index (χ2n) is 7.22. The maximum absolute atomic E-state index is 6.17. The van der Waals surface area contributed by atoms with Gasteiger partial charge in [-0.25, -0.2) is 0 Å². The van der Waals surface area contributed by atoms with Gasteiger partial charge in [0.05, 0.1) is 0 Å². The first-order valence-corrected chi connectivity index (χ1v) is 15.7. The summed E-state index contributed by atoms with van der Waals surface area (Å²) in [6, 6.07) is 16.2. The summed E-state index contributed by atoms with van der Waals surface area (Å²) in [4.78, 5) is 0. The summed E-state index contributed by atoms with van der Waals surface area (Å²) in [7, 11) is -6.12. The molecule has 0 heterocycles. The van der Waals surface area contributed by atoms with Crippen LogP contribution >= 0.6 is 0 Å². The van der Waals surface area contributed by atoms with Gasteiger partial charge in [0.1, 0.15) is 0 Å². The maximum atomic E-state index is 6.17. The zero-order valence-electron chi connectivity index (χ0n) is 21.5. The minimum atomic E-state index is -3.06. The molecule has 0 saturated carbocycles. The Kier molecular flexibility index (Phi) is 12.4. The molecule has 0 radical (unpaired) electrons. The van der Waals surface area contributed by atoms with E-state index >= 15 is 0 Å². The third kappa shape index (κ3) is 6.96. The van der Waals surface area contributed by atoms with Gasteiger partial charge in [0.25, 0.3) is 0 Å². The van der Waals surface area contributed by atoms with Crippen molar-refractivity contribution in [2.75, 3.05) is 39.6 Å². The van der Waals surface area contributed by atoms with Gasteiger partial charge in [0.2, 0.25) is 0 Å². The molecule has 0 aromatic heterocycles. The van der Waals surface area contributed by atoms with Crippen LogP contribution < -0.4 is 10.4 Å². The molecule has 0 N–H and O–H groups in total. The standard InChI is InChI=1S/C26H40O6Si2/c1-7-27-33(28-8-2,29-9-3)25-19-15-13-17-23(25)21-22-24-18-14-16-20-26(24)34(30-10-4,31-11-5)32-12-6/h13-22H,7-12H2,1-6H3. The van der Waals surface area contributed by atoms with Crippen LogP contribution in [-0.4, -0.2) is 57.3 Å². The van der Waals surface area contributed by atoms with E-state index in [0.29, 0.717) is 39.6 Å². The Bertz CT molecular complexity index is 784. The van der Waals surface area contributed by atoms with E-state index in [0.717, 1.165) is 21.5 Å². The zero-order valence-corrected chi connectivity index (χ0v) is 23.5. The van der Waals surface area contributed by atoms with Gasteiger partial charge in [-0.1, -0.05) is 60.7 Å². The summed E-state index contributed by atoms with van der Waals surface area (Å²) < 4.78 is 37.0. The fourth-order valence-electron chi connectivity index (χ4n) is 3.88. The van der Waals surface area contributed by atoms with E-state index in [4.69, 9.17) is 26.6 Å². The molecule has 0 bridgehead atoms. The summed E-state index contributed by atoms with van der Waals surface area (Å²) in [5.74, 6) is 0. The SMILES string of the molecule is CCO[Si](OCC)(OCC)c1ccccc1C=Cc1ccccc1[Si](OCC)(OCC)OCC. The first-order chi connectivity index (χ1) is 16.6. The summed E-state index contributed by atoms with van der Waals surface area (Å²) >= 11 is 0. The van der Waals surface area contributed by atoms with Crippen molar-refractivity contribution in [2.24, 2.45) is 0 Å². The molecule has 2 aromatic rings. The molecule has 0 fully saturated rings. The van der Waals surface area contributed by atoms with Crippen molar-refractivity contribution in [1.29, 1.82) is 0 Å². The molecule has 2 aromatic carbocycles. The van der Waals surface area contributed by atoms with Gasteiger partial charge >= 0.3 is 17.6 Å². The van der Waals surface area contributed by atoms with Gasteiger partial charge in [-0.3, -0.25) is 0 Å². The minimum absolute atomic E-state index is 0.512. The third-order valence-corrected chi connectivity index (χ3v) is 11.3. The maximum Gasteiger partial charge on any atom is 0.537 e. The van der Waals surface area contributed by atoms with E-state index in [9.17, 15) is 0 Å². The van der Waals surface area contributed by atoms with Crippen LogP contribution in [0.15, 0.2) is 48.5 Å². The van der Waals surface area contributed by atoms with Crippen LogP contribution in [-0.2, 0) is 26.6 Å². The number of hydrogen-bond acceptors (Lipinski definition) is 6. The molecule has 6 nitrogen and oxygen atoms in total. The van der Waals surface area contributed by atoms with Crippen LogP contribution in [0.3, 0.4) is 0 Å². The van der Waals surface area contributed by atoms with Crippen LogP contribution in [0.2, 0.25) is 0 Å². The smallest absolute Gasteiger partial charge is 0.370 e. The highest BCUT2D eigenvalue weighted by molar-refractivity contribution is 6.76. The highest BCUT2D eigenvalue weighted by atomic mass is 28.4. The highest BCUT2D eigenvalue weighted by Crippen LogP contribution is 2.18. The van der Waals surface area contributed by atoms with E-state index in [-0.39, 0.29) is 0 Å². The first-order valence-electron chi connectivity index (χ1n) is 12.3. The summed E-state index contributed by atoms with van der Waals surface area (Å²) in [5, 5.41) is 1.91. The van der Waals surface area contributed by atoms with E-state index in [1.165, 1.54) is 0 Å². The summed E-state index contributed by atoms with van der Waals surface area (Å²) in [5.41, 5.74) is 1.99.